The number of rotatable bonds is 3. The van der Waals surface area contributed by atoms with Crippen LogP contribution in [0.5, 0.6) is 11.5 Å². The maximum absolute atomic E-state index is 12.9. The summed E-state index contributed by atoms with van der Waals surface area (Å²) in [6.07, 6.45) is 3.96. The minimum absolute atomic E-state index is 0.412. The molecule has 0 atom stereocenters. The topological polar surface area (TPSA) is 52.6 Å². The molecule has 1 aliphatic rings. The van der Waals surface area contributed by atoms with Gasteiger partial charge in [0.1, 0.15) is 17.4 Å². The molecule has 138 valence electrons. The van der Waals surface area contributed by atoms with Gasteiger partial charge in [0.25, 0.3) is 0 Å². The van der Waals surface area contributed by atoms with Crippen molar-refractivity contribution in [2.24, 2.45) is 0 Å². The second-order valence-corrected chi connectivity index (χ2v) is 6.73. The van der Waals surface area contributed by atoms with E-state index >= 15 is 0 Å². The van der Waals surface area contributed by atoms with Gasteiger partial charge in [0.05, 0.1) is 12.7 Å². The van der Waals surface area contributed by atoms with Gasteiger partial charge in [-0.05, 0) is 64.7 Å². The zero-order valence-electron chi connectivity index (χ0n) is 15.6. The molecule has 0 fully saturated rings. The summed E-state index contributed by atoms with van der Waals surface area (Å²) in [7, 11) is 1.63. The Morgan fingerprint density at radius 1 is 0.964 bits per heavy atom. The lowest BCUT2D eigenvalue weighted by Crippen LogP contribution is -2.14. The van der Waals surface area contributed by atoms with Crippen molar-refractivity contribution in [1.82, 2.24) is 0 Å². The molecule has 0 aliphatic heterocycles. The molecule has 0 spiro atoms. The van der Waals surface area contributed by atoms with Crippen molar-refractivity contribution >= 4 is 28.8 Å². The molecule has 0 radical (unpaired) electrons. The van der Waals surface area contributed by atoms with Crippen molar-refractivity contribution in [1.29, 1.82) is 0 Å². The number of esters is 1. The van der Waals surface area contributed by atoms with Crippen LogP contribution in [-0.2, 0) is 11.2 Å². The number of hydrogen-bond donors (Lipinski definition) is 0. The van der Waals surface area contributed by atoms with Gasteiger partial charge in [-0.15, -0.1) is 0 Å². The number of carbonyl (C=O) groups is 1. The summed E-state index contributed by atoms with van der Waals surface area (Å²) in [5.41, 5.74) is 3.64. The number of aryl methyl sites for hydroxylation is 1. The zero-order valence-corrected chi connectivity index (χ0v) is 15.6. The van der Waals surface area contributed by atoms with Crippen LogP contribution in [0.4, 0.5) is 0 Å². The third-order valence-corrected chi connectivity index (χ3v) is 4.94. The van der Waals surface area contributed by atoms with E-state index in [2.05, 4.69) is 0 Å². The zero-order chi connectivity index (χ0) is 19.7. The van der Waals surface area contributed by atoms with E-state index in [1.165, 1.54) is 0 Å². The minimum atomic E-state index is -0.412. The van der Waals surface area contributed by atoms with Crippen molar-refractivity contribution in [2.75, 3.05) is 7.11 Å². The highest BCUT2D eigenvalue weighted by Gasteiger charge is 2.21. The summed E-state index contributed by atoms with van der Waals surface area (Å²) in [4.78, 5) is 23.9. The summed E-state index contributed by atoms with van der Waals surface area (Å²) < 4.78 is 10.9. The van der Waals surface area contributed by atoms with E-state index in [-0.39, 0.29) is 0 Å². The first-order valence-electron chi connectivity index (χ1n) is 8.93. The van der Waals surface area contributed by atoms with E-state index in [0.717, 1.165) is 33.2 Å². The van der Waals surface area contributed by atoms with Gasteiger partial charge in [0, 0.05) is 12.0 Å². The average Bonchev–Trinajstić information content (AvgIpc) is 2.72. The first-order chi connectivity index (χ1) is 13.6. The smallest absolute Gasteiger partial charge is 0.344 e. The van der Waals surface area contributed by atoms with Gasteiger partial charge in [0.15, 0.2) is 0 Å². The summed E-state index contributed by atoms with van der Waals surface area (Å²) in [6.45, 7) is 1.88. The van der Waals surface area contributed by atoms with E-state index in [1.54, 1.807) is 25.3 Å². The Kier molecular flexibility index (Phi) is 4.56. The van der Waals surface area contributed by atoms with E-state index in [4.69, 9.17) is 9.47 Å². The maximum atomic E-state index is 12.9. The number of hydrogen-bond acceptors (Lipinski definition) is 4. The molecule has 3 aromatic carbocycles. The number of ether oxygens (including phenoxy) is 2. The molecule has 0 amide bonds. The molecule has 0 saturated heterocycles. The third kappa shape index (κ3) is 3.22. The second-order valence-electron chi connectivity index (χ2n) is 6.73. The van der Waals surface area contributed by atoms with Crippen LogP contribution in [0.1, 0.15) is 27.0 Å². The number of benzene rings is 3. The molecule has 0 aromatic heterocycles. The maximum Gasteiger partial charge on any atom is 0.344 e. The van der Waals surface area contributed by atoms with E-state index in [1.807, 2.05) is 55.3 Å². The largest absolute Gasteiger partial charge is 0.497 e. The average molecular weight is 370 g/mol. The van der Waals surface area contributed by atoms with Crippen LogP contribution in [-0.4, -0.2) is 19.0 Å². The Hall–Kier alpha value is -3.62. The second kappa shape index (κ2) is 7.18. The summed E-state index contributed by atoms with van der Waals surface area (Å²) in [5, 5.41) is 1.96. The number of allylic oxidation sites excluding steroid dienone is 2. The lowest BCUT2D eigenvalue weighted by atomic mass is 9.89. The highest BCUT2D eigenvalue weighted by Crippen LogP contribution is 2.29. The van der Waals surface area contributed by atoms with Crippen molar-refractivity contribution in [2.45, 2.75) is 13.3 Å². The van der Waals surface area contributed by atoms with Crippen LogP contribution in [0, 0.1) is 6.92 Å². The first-order valence-corrected chi connectivity index (χ1v) is 8.93. The molecule has 0 saturated carbocycles. The normalized spacial score (nSPS) is 12.4. The molecule has 3 aromatic rings. The van der Waals surface area contributed by atoms with Crippen molar-refractivity contribution in [3.05, 3.63) is 82.4 Å². The highest BCUT2D eigenvalue weighted by molar-refractivity contribution is 5.98. The van der Waals surface area contributed by atoms with Gasteiger partial charge in [-0.1, -0.05) is 30.3 Å². The number of methoxy groups -OCH3 is 1. The molecule has 0 heterocycles. The molecule has 4 heteroatoms. The highest BCUT2D eigenvalue weighted by atomic mass is 16.5. The Morgan fingerprint density at radius 3 is 2.39 bits per heavy atom. The van der Waals surface area contributed by atoms with Crippen LogP contribution in [0.3, 0.4) is 0 Å². The molecule has 28 heavy (non-hydrogen) atoms. The molecule has 0 bridgehead atoms. The standard InChI is InChI=1S/C24H18O4/c1-15-3-5-19-11-16(14-25)4-10-22(19)23(15)24(26)28-21-9-7-17-12-20(27-2)8-6-18(17)13-21/h3-10,12-13H,11H2,1-2H3. The predicted octanol–water partition coefficient (Wildman–Crippen LogP) is 4.70. The fraction of sp³-hybridized carbons (Fsp3) is 0.125. The Morgan fingerprint density at radius 2 is 1.68 bits per heavy atom. The van der Waals surface area contributed by atoms with Gasteiger partial charge >= 0.3 is 5.97 Å². The summed E-state index contributed by atoms with van der Waals surface area (Å²) in [5.74, 6) is 2.77. The van der Waals surface area contributed by atoms with Crippen molar-refractivity contribution < 1.29 is 19.1 Å². The minimum Gasteiger partial charge on any atom is -0.497 e. The van der Waals surface area contributed by atoms with Crippen LogP contribution < -0.4 is 9.47 Å². The Bertz CT molecular complexity index is 1180. The van der Waals surface area contributed by atoms with Crippen LogP contribution in [0.25, 0.3) is 16.8 Å². The third-order valence-electron chi connectivity index (χ3n) is 4.94. The quantitative estimate of drug-likeness (QED) is 0.381. The SMILES string of the molecule is COc1ccc2cc(OC(=O)c3c(C)ccc4c3C=CC(=C=O)C4)ccc2c1. The number of carbonyl (C=O) groups excluding carboxylic acids is 2. The van der Waals surface area contributed by atoms with E-state index < -0.39 is 5.97 Å². The fourth-order valence-electron chi connectivity index (χ4n) is 3.46. The van der Waals surface area contributed by atoms with Gasteiger partial charge in [-0.2, -0.15) is 0 Å². The van der Waals surface area contributed by atoms with Gasteiger partial charge in [-0.3, -0.25) is 0 Å². The number of fused-ring (bicyclic) bond motifs is 2. The summed E-state index contributed by atoms with van der Waals surface area (Å²) in [6, 6.07) is 15.0. The Labute approximate surface area is 162 Å². The van der Waals surface area contributed by atoms with Crippen molar-refractivity contribution in [3.8, 4) is 11.5 Å². The monoisotopic (exact) mass is 370 g/mol. The molecular weight excluding hydrogens is 352 g/mol. The van der Waals surface area contributed by atoms with E-state index in [0.29, 0.717) is 23.3 Å². The lowest BCUT2D eigenvalue weighted by Gasteiger charge is -2.17. The molecule has 4 nitrogen and oxygen atoms in total. The molecule has 0 N–H and O–H groups in total. The van der Waals surface area contributed by atoms with E-state index in [9.17, 15) is 9.59 Å². The van der Waals surface area contributed by atoms with Crippen LogP contribution >= 0.6 is 0 Å². The predicted molar refractivity (Wildman–Crippen MR) is 109 cm³/mol. The lowest BCUT2D eigenvalue weighted by molar-refractivity contribution is 0.0734. The van der Waals surface area contributed by atoms with Crippen LogP contribution in [0.15, 0.2) is 60.2 Å². The van der Waals surface area contributed by atoms with Gasteiger partial charge in [-0.25, -0.2) is 9.59 Å². The molecular formula is C24H18O4. The molecule has 4 rings (SSSR count). The van der Waals surface area contributed by atoms with Gasteiger partial charge < -0.3 is 9.47 Å². The van der Waals surface area contributed by atoms with Crippen molar-refractivity contribution in [3.63, 3.8) is 0 Å². The molecule has 0 unspecified atom stereocenters. The molecule has 1 aliphatic carbocycles. The Balaban J connectivity index is 1.68. The summed E-state index contributed by atoms with van der Waals surface area (Å²) >= 11 is 0. The van der Waals surface area contributed by atoms with Gasteiger partial charge in [0.2, 0.25) is 0 Å². The first kappa shape index (κ1) is 17.8. The van der Waals surface area contributed by atoms with Crippen LogP contribution in [0.2, 0.25) is 0 Å². The fourth-order valence-corrected chi connectivity index (χ4v) is 3.46.